The van der Waals surface area contributed by atoms with Crippen LogP contribution < -0.4 is 5.32 Å². The van der Waals surface area contributed by atoms with Crippen molar-refractivity contribution in [1.82, 2.24) is 0 Å². The van der Waals surface area contributed by atoms with Crippen LogP contribution in [0.2, 0.25) is 0 Å². The predicted octanol–water partition coefficient (Wildman–Crippen LogP) is 4.58. The number of halogens is 3. The smallest absolute Gasteiger partial charge is 0.175 e. The average molecular weight is 416 g/mol. The molecule has 0 bridgehead atoms. The van der Waals surface area contributed by atoms with E-state index < -0.39 is 33.3 Å². The Labute approximate surface area is 166 Å². The van der Waals surface area contributed by atoms with Crippen LogP contribution in [0.1, 0.15) is 22.7 Å². The number of rotatable bonds is 5. The normalized spacial score (nSPS) is 12.2. The molecule has 0 saturated heterocycles. The van der Waals surface area contributed by atoms with Crippen LogP contribution in [0.5, 0.6) is 0 Å². The molecule has 0 aromatic heterocycles. The second-order valence-electron chi connectivity index (χ2n) is 6.37. The van der Waals surface area contributed by atoms with Crippen LogP contribution in [0.3, 0.4) is 0 Å². The minimum atomic E-state index is -3.52. The highest BCUT2D eigenvalue weighted by Gasteiger charge is 2.20. The van der Waals surface area contributed by atoms with Gasteiger partial charge in [0.2, 0.25) is 0 Å². The van der Waals surface area contributed by atoms with Crippen molar-refractivity contribution in [2.45, 2.75) is 10.9 Å². The second kappa shape index (κ2) is 7.97. The van der Waals surface area contributed by atoms with Gasteiger partial charge in [0.15, 0.2) is 21.5 Å². The maximum absolute atomic E-state index is 14.0. The molecule has 1 unspecified atom stereocenters. The summed E-state index contributed by atoms with van der Waals surface area (Å²) in [5, 5.41) is 12.2. The van der Waals surface area contributed by atoms with Crippen molar-refractivity contribution >= 4 is 15.5 Å². The average Bonchev–Trinajstić information content (AvgIpc) is 2.68. The van der Waals surface area contributed by atoms with Crippen molar-refractivity contribution in [3.8, 4) is 6.07 Å². The van der Waals surface area contributed by atoms with Gasteiger partial charge in [0, 0.05) is 6.26 Å². The summed E-state index contributed by atoms with van der Waals surface area (Å²) in [6.07, 6.45) is 1.05. The highest BCUT2D eigenvalue weighted by molar-refractivity contribution is 7.90. The number of nitriles is 1. The van der Waals surface area contributed by atoms with Crippen LogP contribution in [0.15, 0.2) is 65.6 Å². The maximum Gasteiger partial charge on any atom is 0.175 e. The molecule has 0 aliphatic carbocycles. The molecule has 0 heterocycles. The Hall–Kier alpha value is -3.31. The Kier molecular flexibility index (Phi) is 5.62. The number of hydrogen-bond donors (Lipinski definition) is 1. The Bertz CT molecular complexity index is 1220. The number of benzene rings is 3. The van der Waals surface area contributed by atoms with Crippen molar-refractivity contribution in [3.05, 3.63) is 94.8 Å². The SMILES string of the molecule is CS(=O)(=O)c1cccc(C(Nc2cccc(F)c2C#N)c2ccc(F)c(F)c2)c1. The molecule has 3 aromatic carbocycles. The van der Waals surface area contributed by atoms with Gasteiger partial charge in [-0.1, -0.05) is 24.3 Å². The van der Waals surface area contributed by atoms with Gasteiger partial charge in [0.25, 0.3) is 0 Å². The number of nitrogens with zero attached hydrogens (tertiary/aromatic N) is 1. The molecule has 1 N–H and O–H groups in total. The summed E-state index contributed by atoms with van der Waals surface area (Å²) in [4.78, 5) is 0.0316. The molecule has 0 fully saturated rings. The molecule has 0 spiro atoms. The summed E-state index contributed by atoms with van der Waals surface area (Å²) >= 11 is 0. The van der Waals surface area contributed by atoms with Gasteiger partial charge in [0.1, 0.15) is 17.4 Å². The van der Waals surface area contributed by atoms with E-state index in [0.29, 0.717) is 5.56 Å². The predicted molar refractivity (Wildman–Crippen MR) is 102 cm³/mol. The maximum atomic E-state index is 14.0. The molecule has 0 aliphatic heterocycles. The van der Waals surface area contributed by atoms with E-state index >= 15 is 0 Å². The van der Waals surface area contributed by atoms with Crippen molar-refractivity contribution in [2.24, 2.45) is 0 Å². The quantitative estimate of drug-likeness (QED) is 0.661. The van der Waals surface area contributed by atoms with E-state index in [1.165, 1.54) is 36.4 Å². The first-order valence-electron chi connectivity index (χ1n) is 8.41. The summed E-state index contributed by atoms with van der Waals surface area (Å²) in [6.45, 7) is 0. The highest BCUT2D eigenvalue weighted by atomic mass is 32.2. The Morgan fingerprint density at radius 1 is 0.897 bits per heavy atom. The van der Waals surface area contributed by atoms with Gasteiger partial charge >= 0.3 is 0 Å². The zero-order valence-corrected chi connectivity index (χ0v) is 16.0. The van der Waals surface area contributed by atoms with Crippen molar-refractivity contribution in [3.63, 3.8) is 0 Å². The van der Waals surface area contributed by atoms with E-state index in [4.69, 9.17) is 0 Å². The van der Waals surface area contributed by atoms with Crippen LogP contribution in [0.25, 0.3) is 0 Å². The minimum absolute atomic E-state index is 0.0316. The number of sulfone groups is 1. The van der Waals surface area contributed by atoms with Crippen molar-refractivity contribution in [1.29, 1.82) is 5.26 Å². The third-order valence-corrected chi connectivity index (χ3v) is 5.43. The fourth-order valence-corrected chi connectivity index (χ4v) is 3.57. The van der Waals surface area contributed by atoms with E-state index in [1.54, 1.807) is 12.1 Å². The van der Waals surface area contributed by atoms with Gasteiger partial charge in [-0.15, -0.1) is 0 Å². The molecule has 148 valence electrons. The van der Waals surface area contributed by atoms with E-state index in [1.807, 2.05) is 0 Å². The molecule has 1 atom stereocenters. The summed E-state index contributed by atoms with van der Waals surface area (Å²) < 4.78 is 65.1. The minimum Gasteiger partial charge on any atom is -0.373 e. The van der Waals surface area contributed by atoms with Crippen molar-refractivity contribution < 1.29 is 21.6 Å². The molecule has 4 nitrogen and oxygen atoms in total. The molecule has 3 rings (SSSR count). The van der Waals surface area contributed by atoms with E-state index in [-0.39, 0.29) is 21.7 Å². The Morgan fingerprint density at radius 3 is 2.24 bits per heavy atom. The van der Waals surface area contributed by atoms with Crippen LogP contribution >= 0.6 is 0 Å². The van der Waals surface area contributed by atoms with E-state index in [9.17, 15) is 26.9 Å². The molecule has 0 amide bonds. The largest absolute Gasteiger partial charge is 0.373 e. The number of anilines is 1. The molecule has 0 aliphatic rings. The third-order valence-electron chi connectivity index (χ3n) is 4.32. The lowest BCUT2D eigenvalue weighted by molar-refractivity contribution is 0.506. The zero-order chi connectivity index (χ0) is 21.2. The first-order chi connectivity index (χ1) is 13.7. The third kappa shape index (κ3) is 4.41. The first-order valence-corrected chi connectivity index (χ1v) is 10.3. The van der Waals surface area contributed by atoms with Crippen LogP contribution in [-0.4, -0.2) is 14.7 Å². The molecule has 29 heavy (non-hydrogen) atoms. The lowest BCUT2D eigenvalue weighted by atomic mass is 9.97. The van der Waals surface area contributed by atoms with E-state index in [0.717, 1.165) is 24.5 Å². The van der Waals surface area contributed by atoms with Gasteiger partial charge in [0.05, 0.1) is 16.6 Å². The molecule has 8 heteroatoms. The fraction of sp³-hybridized carbons (Fsp3) is 0.0952. The molecule has 3 aromatic rings. The summed E-state index contributed by atoms with van der Waals surface area (Å²) in [7, 11) is -3.52. The molecule has 0 radical (unpaired) electrons. The van der Waals surface area contributed by atoms with Crippen molar-refractivity contribution in [2.75, 3.05) is 11.6 Å². The van der Waals surface area contributed by atoms with Crippen LogP contribution in [0.4, 0.5) is 18.9 Å². The van der Waals surface area contributed by atoms with Gasteiger partial charge in [-0.25, -0.2) is 21.6 Å². The topological polar surface area (TPSA) is 70.0 Å². The standard InChI is InChI=1S/C21H15F3N2O2S/c1-29(27,28)15-5-2-4-13(10-15)21(14-8-9-18(23)19(24)11-14)26-20-7-3-6-17(22)16(20)12-25/h2-11,21,26H,1H3. The molecular weight excluding hydrogens is 401 g/mol. The molecular formula is C21H15F3N2O2S. The second-order valence-corrected chi connectivity index (χ2v) is 8.39. The first kappa shape index (κ1) is 20.4. The monoisotopic (exact) mass is 416 g/mol. The van der Waals surface area contributed by atoms with Gasteiger partial charge in [-0.2, -0.15) is 5.26 Å². The zero-order valence-electron chi connectivity index (χ0n) is 15.2. The van der Waals surface area contributed by atoms with Gasteiger partial charge in [-0.05, 0) is 47.5 Å². The van der Waals surface area contributed by atoms with Crippen LogP contribution in [0, 0.1) is 28.8 Å². The summed E-state index contributed by atoms with van der Waals surface area (Å²) in [5.41, 5.74) is 0.557. The summed E-state index contributed by atoms with van der Waals surface area (Å²) in [6, 6.07) is 14.0. The highest BCUT2D eigenvalue weighted by Crippen LogP contribution is 2.31. The lowest BCUT2D eigenvalue weighted by Gasteiger charge is -2.22. The molecule has 0 saturated carbocycles. The fourth-order valence-electron chi connectivity index (χ4n) is 2.89. The van der Waals surface area contributed by atoms with Gasteiger partial charge < -0.3 is 5.32 Å². The van der Waals surface area contributed by atoms with E-state index in [2.05, 4.69) is 5.32 Å². The number of nitrogens with one attached hydrogen (secondary N) is 1. The Balaban J connectivity index is 2.17. The van der Waals surface area contributed by atoms with Gasteiger partial charge in [-0.3, -0.25) is 0 Å². The number of hydrogen-bond acceptors (Lipinski definition) is 4. The summed E-state index contributed by atoms with van der Waals surface area (Å²) in [5.74, 6) is -2.87. The van der Waals surface area contributed by atoms with Crippen LogP contribution in [-0.2, 0) is 9.84 Å². The lowest BCUT2D eigenvalue weighted by Crippen LogP contribution is -2.15. The Morgan fingerprint density at radius 2 is 1.59 bits per heavy atom.